The van der Waals surface area contributed by atoms with Crippen LogP contribution in [0.1, 0.15) is 18.5 Å². The van der Waals surface area contributed by atoms with Gasteiger partial charge in [-0.1, -0.05) is 23.7 Å². The van der Waals surface area contributed by atoms with Crippen molar-refractivity contribution in [1.82, 2.24) is 34.9 Å². The maximum absolute atomic E-state index is 11.8. The van der Waals surface area contributed by atoms with E-state index in [1.165, 1.54) is 6.33 Å². The third-order valence-corrected chi connectivity index (χ3v) is 6.10. The lowest BCUT2D eigenvalue weighted by Gasteiger charge is -2.21. The lowest BCUT2D eigenvalue weighted by Crippen LogP contribution is -2.32. The number of carbonyl (C=O) groups is 1. The van der Waals surface area contributed by atoms with Gasteiger partial charge in [0, 0.05) is 44.2 Å². The minimum Gasteiger partial charge on any atom is -0.368 e. The maximum atomic E-state index is 11.8. The van der Waals surface area contributed by atoms with Crippen LogP contribution in [0.3, 0.4) is 0 Å². The van der Waals surface area contributed by atoms with Crippen molar-refractivity contribution in [2.24, 2.45) is 7.05 Å². The van der Waals surface area contributed by atoms with Crippen molar-refractivity contribution in [3.05, 3.63) is 47.4 Å². The van der Waals surface area contributed by atoms with E-state index in [0.717, 1.165) is 27.5 Å². The standard InChI is InChI=1S/C22H24ClN9O/c1-13(29-20-16-11-28-31(2)21(16)27-12-26-20)15-10-14-4-3-5-17(23)18(14)30-19(15)24-6-8-32-9-7-25-22(32)33/h3-5,10-13H,6-9H2,1-2H3,(H,24,30)(H,25,33)(H,26,27,29)/t13-/m0/s1. The number of urea groups is 1. The Morgan fingerprint density at radius 1 is 1.27 bits per heavy atom. The van der Waals surface area contributed by atoms with Crippen molar-refractivity contribution in [3.63, 3.8) is 0 Å². The van der Waals surface area contributed by atoms with Gasteiger partial charge in [-0.3, -0.25) is 4.68 Å². The third kappa shape index (κ3) is 4.09. The Labute approximate surface area is 195 Å². The minimum atomic E-state index is -0.128. The Morgan fingerprint density at radius 2 is 2.15 bits per heavy atom. The van der Waals surface area contributed by atoms with Crippen LogP contribution < -0.4 is 16.0 Å². The van der Waals surface area contributed by atoms with Gasteiger partial charge in [-0.2, -0.15) is 5.10 Å². The molecule has 0 spiro atoms. The number of hydrogen-bond donors (Lipinski definition) is 3. The zero-order valence-corrected chi connectivity index (χ0v) is 19.1. The van der Waals surface area contributed by atoms with Crippen molar-refractivity contribution in [2.75, 3.05) is 36.8 Å². The highest BCUT2D eigenvalue weighted by Crippen LogP contribution is 2.32. The van der Waals surface area contributed by atoms with Crippen LogP contribution in [0.15, 0.2) is 36.8 Å². The Balaban J connectivity index is 1.45. The fourth-order valence-corrected chi connectivity index (χ4v) is 4.27. The van der Waals surface area contributed by atoms with Gasteiger partial charge in [-0.25, -0.2) is 19.7 Å². The third-order valence-electron chi connectivity index (χ3n) is 5.79. The number of carbonyl (C=O) groups excluding carboxylic acids is 1. The minimum absolute atomic E-state index is 0.0363. The molecule has 33 heavy (non-hydrogen) atoms. The molecule has 4 heterocycles. The van der Waals surface area contributed by atoms with E-state index in [0.29, 0.717) is 42.8 Å². The molecule has 1 aliphatic rings. The molecule has 3 N–H and O–H groups in total. The lowest BCUT2D eigenvalue weighted by molar-refractivity contribution is 0.219. The van der Waals surface area contributed by atoms with Gasteiger partial charge in [0.15, 0.2) is 5.65 Å². The van der Waals surface area contributed by atoms with E-state index in [4.69, 9.17) is 16.6 Å². The molecule has 0 radical (unpaired) electrons. The van der Waals surface area contributed by atoms with Gasteiger partial charge in [-0.05, 0) is 19.1 Å². The van der Waals surface area contributed by atoms with Crippen molar-refractivity contribution in [3.8, 4) is 0 Å². The normalized spacial score (nSPS) is 14.6. The number of anilines is 2. The van der Waals surface area contributed by atoms with Gasteiger partial charge in [0.05, 0.1) is 28.2 Å². The van der Waals surface area contributed by atoms with Crippen LogP contribution in [0.25, 0.3) is 21.9 Å². The number of halogens is 1. The average molecular weight is 466 g/mol. The summed E-state index contributed by atoms with van der Waals surface area (Å²) in [6.45, 7) is 4.58. The van der Waals surface area contributed by atoms with Crippen LogP contribution in [0.5, 0.6) is 0 Å². The van der Waals surface area contributed by atoms with Gasteiger partial charge >= 0.3 is 6.03 Å². The number of fused-ring (bicyclic) bond motifs is 2. The summed E-state index contributed by atoms with van der Waals surface area (Å²) >= 11 is 6.42. The quantitative estimate of drug-likeness (QED) is 0.384. The lowest BCUT2D eigenvalue weighted by atomic mass is 10.1. The number of rotatable bonds is 7. The molecule has 0 unspecified atom stereocenters. The highest BCUT2D eigenvalue weighted by Gasteiger charge is 2.20. The Kier molecular flexibility index (Phi) is 5.59. The average Bonchev–Trinajstić information content (AvgIpc) is 3.40. The van der Waals surface area contributed by atoms with E-state index >= 15 is 0 Å². The zero-order valence-electron chi connectivity index (χ0n) is 18.3. The van der Waals surface area contributed by atoms with Gasteiger partial charge in [0.1, 0.15) is 18.0 Å². The van der Waals surface area contributed by atoms with Crippen molar-refractivity contribution in [1.29, 1.82) is 0 Å². The van der Waals surface area contributed by atoms with E-state index in [2.05, 4.69) is 44.0 Å². The van der Waals surface area contributed by atoms with Gasteiger partial charge in [-0.15, -0.1) is 0 Å². The van der Waals surface area contributed by atoms with Crippen molar-refractivity contribution in [2.45, 2.75) is 13.0 Å². The van der Waals surface area contributed by atoms with Gasteiger partial charge in [0.25, 0.3) is 0 Å². The first-order chi connectivity index (χ1) is 16.0. The molecule has 10 nitrogen and oxygen atoms in total. The number of para-hydroxylation sites is 1. The molecule has 1 fully saturated rings. The zero-order chi connectivity index (χ0) is 22.9. The molecule has 0 bridgehead atoms. The molecule has 170 valence electrons. The molecule has 1 aromatic carbocycles. The van der Waals surface area contributed by atoms with Crippen LogP contribution in [0.4, 0.5) is 16.4 Å². The van der Waals surface area contributed by atoms with Crippen molar-refractivity contribution < 1.29 is 4.79 Å². The molecule has 5 rings (SSSR count). The highest BCUT2D eigenvalue weighted by molar-refractivity contribution is 6.35. The van der Waals surface area contributed by atoms with E-state index in [1.807, 2.05) is 25.2 Å². The summed E-state index contributed by atoms with van der Waals surface area (Å²) in [6.07, 6.45) is 3.28. The number of nitrogens with zero attached hydrogens (tertiary/aromatic N) is 6. The summed E-state index contributed by atoms with van der Waals surface area (Å²) in [5.74, 6) is 1.41. The molecule has 4 aromatic rings. The summed E-state index contributed by atoms with van der Waals surface area (Å²) < 4.78 is 1.72. The van der Waals surface area contributed by atoms with E-state index in [1.54, 1.807) is 15.8 Å². The number of hydrogen-bond acceptors (Lipinski definition) is 7. The fourth-order valence-electron chi connectivity index (χ4n) is 4.04. The van der Waals surface area contributed by atoms with E-state index < -0.39 is 0 Å². The van der Waals surface area contributed by atoms with Crippen LogP contribution in [0.2, 0.25) is 5.02 Å². The molecule has 0 aliphatic carbocycles. The first-order valence-electron chi connectivity index (χ1n) is 10.8. The summed E-state index contributed by atoms with van der Waals surface area (Å²) in [4.78, 5) is 27.2. The van der Waals surface area contributed by atoms with Gasteiger partial charge < -0.3 is 20.9 Å². The van der Waals surface area contributed by atoms with Crippen LogP contribution >= 0.6 is 11.6 Å². The smallest absolute Gasteiger partial charge is 0.317 e. The SMILES string of the molecule is C[C@H](Nc1ncnc2c1cnn2C)c1cc2cccc(Cl)c2nc1NCCN1CCNC1=O. The number of amides is 2. The predicted octanol–water partition coefficient (Wildman–Crippen LogP) is 3.18. The largest absolute Gasteiger partial charge is 0.368 e. The van der Waals surface area contributed by atoms with Gasteiger partial charge in [0.2, 0.25) is 0 Å². The van der Waals surface area contributed by atoms with Crippen LogP contribution in [0, 0.1) is 0 Å². The van der Waals surface area contributed by atoms with Crippen LogP contribution in [-0.2, 0) is 7.05 Å². The summed E-state index contributed by atoms with van der Waals surface area (Å²) in [6, 6.07) is 7.65. The number of aryl methyl sites for hydroxylation is 1. The summed E-state index contributed by atoms with van der Waals surface area (Å²) in [5, 5.41) is 16.4. The molecule has 1 saturated heterocycles. The van der Waals surface area contributed by atoms with Crippen LogP contribution in [-0.4, -0.2) is 61.8 Å². The molecular weight excluding hydrogens is 442 g/mol. The topological polar surface area (TPSA) is 113 Å². The molecule has 1 aliphatic heterocycles. The molecule has 1 atom stereocenters. The fraction of sp³-hybridized carbons (Fsp3) is 0.318. The molecule has 11 heteroatoms. The molecule has 3 aromatic heterocycles. The second-order valence-corrected chi connectivity index (χ2v) is 8.38. The predicted molar refractivity (Wildman–Crippen MR) is 129 cm³/mol. The number of aromatic nitrogens is 5. The number of benzene rings is 1. The summed E-state index contributed by atoms with van der Waals surface area (Å²) in [7, 11) is 1.85. The second-order valence-electron chi connectivity index (χ2n) is 7.98. The van der Waals surface area contributed by atoms with Crippen molar-refractivity contribution >= 4 is 51.2 Å². The number of pyridine rings is 1. The Hall–Kier alpha value is -3.66. The summed E-state index contributed by atoms with van der Waals surface area (Å²) in [5.41, 5.74) is 2.45. The molecular formula is C22H24ClN9O. The molecule has 2 amide bonds. The van der Waals surface area contributed by atoms with E-state index in [9.17, 15) is 4.79 Å². The number of nitrogens with one attached hydrogen (secondary N) is 3. The molecule has 0 saturated carbocycles. The Morgan fingerprint density at radius 3 is 2.97 bits per heavy atom. The first kappa shape index (κ1) is 21.2. The first-order valence-corrected chi connectivity index (χ1v) is 11.1. The second kappa shape index (κ2) is 8.70. The monoisotopic (exact) mass is 465 g/mol. The Bertz CT molecular complexity index is 1340. The highest BCUT2D eigenvalue weighted by atomic mass is 35.5. The van der Waals surface area contributed by atoms with E-state index in [-0.39, 0.29) is 12.1 Å². The maximum Gasteiger partial charge on any atom is 0.317 e.